The van der Waals surface area contributed by atoms with Gasteiger partial charge in [-0.05, 0) is 24.3 Å². The maximum absolute atomic E-state index is 14.3. The standard InChI is InChI=1S/C17H11FN6O3/c18-12-7-11(22-17-21-9-13(24(25)26)16(20)23-17)5-6-15(12)27-14-4-2-1-3-10(14)8-19/h1-7,9H,(H3,20,21,22,23). The molecule has 9 nitrogen and oxygen atoms in total. The van der Waals surface area contributed by atoms with Crippen molar-refractivity contribution in [2.75, 3.05) is 11.1 Å². The van der Waals surface area contributed by atoms with E-state index in [1.807, 2.05) is 6.07 Å². The third-order valence-electron chi connectivity index (χ3n) is 3.41. The summed E-state index contributed by atoms with van der Waals surface area (Å²) in [6.45, 7) is 0. The van der Waals surface area contributed by atoms with Crippen molar-refractivity contribution in [2.24, 2.45) is 0 Å². The molecule has 3 N–H and O–H groups in total. The van der Waals surface area contributed by atoms with E-state index in [-0.39, 0.29) is 34.5 Å². The molecule has 2 aromatic carbocycles. The second-order valence-corrected chi connectivity index (χ2v) is 5.20. The number of nitrogens with one attached hydrogen (secondary N) is 1. The number of ether oxygens (including phenoxy) is 1. The van der Waals surface area contributed by atoms with Crippen LogP contribution in [0.2, 0.25) is 0 Å². The SMILES string of the molecule is N#Cc1ccccc1Oc1ccc(Nc2ncc([N+](=O)[O-])c(N)n2)cc1F. The molecule has 0 spiro atoms. The van der Waals surface area contributed by atoms with Gasteiger partial charge < -0.3 is 15.8 Å². The van der Waals surface area contributed by atoms with Crippen LogP contribution < -0.4 is 15.8 Å². The summed E-state index contributed by atoms with van der Waals surface area (Å²) in [5.41, 5.74) is 5.62. The molecule has 1 heterocycles. The predicted octanol–water partition coefficient (Wildman–Crippen LogP) is 3.51. The molecule has 3 rings (SSSR count). The summed E-state index contributed by atoms with van der Waals surface area (Å²) >= 11 is 0. The van der Waals surface area contributed by atoms with Gasteiger partial charge in [0.05, 0.1) is 10.5 Å². The van der Waals surface area contributed by atoms with E-state index in [9.17, 15) is 14.5 Å². The number of para-hydroxylation sites is 1. The van der Waals surface area contributed by atoms with Crippen molar-refractivity contribution >= 4 is 23.1 Å². The number of nitriles is 1. The van der Waals surface area contributed by atoms with E-state index >= 15 is 0 Å². The zero-order valence-electron chi connectivity index (χ0n) is 13.6. The molecule has 27 heavy (non-hydrogen) atoms. The van der Waals surface area contributed by atoms with Gasteiger partial charge in [-0.2, -0.15) is 10.2 Å². The van der Waals surface area contributed by atoms with Crippen LogP contribution in [0, 0.1) is 27.3 Å². The number of nitro groups is 1. The Balaban J connectivity index is 1.80. The number of nitrogen functional groups attached to an aromatic ring is 1. The van der Waals surface area contributed by atoms with Crippen LogP contribution in [0.4, 0.5) is 27.5 Å². The van der Waals surface area contributed by atoms with Crippen molar-refractivity contribution in [1.29, 1.82) is 5.26 Å². The molecular weight excluding hydrogens is 355 g/mol. The summed E-state index contributed by atoms with van der Waals surface area (Å²) in [6, 6.07) is 12.4. The van der Waals surface area contributed by atoms with Crippen molar-refractivity contribution in [3.8, 4) is 17.6 Å². The highest BCUT2D eigenvalue weighted by atomic mass is 19.1. The van der Waals surface area contributed by atoms with Crippen LogP contribution in [-0.2, 0) is 0 Å². The van der Waals surface area contributed by atoms with E-state index < -0.39 is 16.4 Å². The number of rotatable bonds is 5. The van der Waals surface area contributed by atoms with Crippen LogP contribution in [0.3, 0.4) is 0 Å². The molecule has 0 aliphatic rings. The van der Waals surface area contributed by atoms with Gasteiger partial charge in [-0.15, -0.1) is 0 Å². The van der Waals surface area contributed by atoms with Gasteiger partial charge >= 0.3 is 5.69 Å². The molecule has 0 radical (unpaired) electrons. The fourth-order valence-electron chi connectivity index (χ4n) is 2.15. The quantitative estimate of drug-likeness (QED) is 0.516. The molecule has 134 valence electrons. The average Bonchev–Trinajstić information content (AvgIpc) is 2.64. The Morgan fingerprint density at radius 3 is 2.70 bits per heavy atom. The summed E-state index contributed by atoms with van der Waals surface area (Å²) in [4.78, 5) is 17.5. The fraction of sp³-hybridized carbons (Fsp3) is 0. The lowest BCUT2D eigenvalue weighted by molar-refractivity contribution is -0.384. The number of hydrogen-bond donors (Lipinski definition) is 2. The lowest BCUT2D eigenvalue weighted by atomic mass is 10.2. The second kappa shape index (κ2) is 7.32. The summed E-state index contributed by atoms with van der Waals surface area (Å²) in [5.74, 6) is -0.881. The third-order valence-corrected chi connectivity index (χ3v) is 3.41. The molecular formula is C17H11FN6O3. The zero-order chi connectivity index (χ0) is 19.4. The number of nitrogens with two attached hydrogens (primary N) is 1. The fourth-order valence-corrected chi connectivity index (χ4v) is 2.15. The molecule has 0 atom stereocenters. The highest BCUT2D eigenvalue weighted by Crippen LogP contribution is 2.29. The molecule has 0 amide bonds. The molecule has 0 saturated heterocycles. The van der Waals surface area contributed by atoms with E-state index in [0.717, 1.165) is 12.3 Å². The van der Waals surface area contributed by atoms with E-state index in [1.165, 1.54) is 12.1 Å². The van der Waals surface area contributed by atoms with E-state index in [4.69, 9.17) is 15.7 Å². The monoisotopic (exact) mass is 366 g/mol. The molecule has 0 bridgehead atoms. The highest BCUT2D eigenvalue weighted by molar-refractivity contribution is 5.59. The van der Waals surface area contributed by atoms with E-state index in [1.54, 1.807) is 24.3 Å². The van der Waals surface area contributed by atoms with Crippen LogP contribution in [-0.4, -0.2) is 14.9 Å². The van der Waals surface area contributed by atoms with Gasteiger partial charge in [0.1, 0.15) is 18.0 Å². The van der Waals surface area contributed by atoms with Crippen LogP contribution in [0.1, 0.15) is 5.56 Å². The van der Waals surface area contributed by atoms with Crippen molar-refractivity contribution in [2.45, 2.75) is 0 Å². The normalized spacial score (nSPS) is 10.1. The van der Waals surface area contributed by atoms with Gasteiger partial charge in [0.25, 0.3) is 0 Å². The maximum atomic E-state index is 14.3. The predicted molar refractivity (Wildman–Crippen MR) is 94.0 cm³/mol. The van der Waals surface area contributed by atoms with Crippen molar-refractivity contribution < 1.29 is 14.1 Å². The summed E-state index contributed by atoms with van der Waals surface area (Å²) in [6.07, 6.45) is 0.956. The Morgan fingerprint density at radius 2 is 2.04 bits per heavy atom. The first-order valence-corrected chi connectivity index (χ1v) is 7.48. The lowest BCUT2D eigenvalue weighted by Gasteiger charge is -2.10. The second-order valence-electron chi connectivity index (χ2n) is 5.20. The molecule has 3 aromatic rings. The molecule has 0 saturated carbocycles. The number of halogens is 1. The third kappa shape index (κ3) is 3.88. The Bertz CT molecular complexity index is 1070. The molecule has 10 heteroatoms. The molecule has 0 unspecified atom stereocenters. The maximum Gasteiger partial charge on any atom is 0.329 e. The Morgan fingerprint density at radius 1 is 1.26 bits per heavy atom. The molecule has 0 aliphatic carbocycles. The number of hydrogen-bond acceptors (Lipinski definition) is 8. The van der Waals surface area contributed by atoms with Gasteiger partial charge in [0, 0.05) is 11.8 Å². The van der Waals surface area contributed by atoms with Gasteiger partial charge in [0.15, 0.2) is 11.6 Å². The van der Waals surface area contributed by atoms with Crippen LogP contribution in [0.5, 0.6) is 11.5 Å². The number of aromatic nitrogens is 2. The van der Waals surface area contributed by atoms with Crippen molar-refractivity contribution in [1.82, 2.24) is 9.97 Å². The van der Waals surface area contributed by atoms with Gasteiger partial charge in [-0.25, -0.2) is 9.37 Å². The average molecular weight is 366 g/mol. The summed E-state index contributed by atoms with van der Waals surface area (Å²) in [5, 5.41) is 22.5. The minimum Gasteiger partial charge on any atom is -0.453 e. The largest absolute Gasteiger partial charge is 0.453 e. The Hall–Kier alpha value is -4.26. The summed E-state index contributed by atoms with van der Waals surface area (Å²) in [7, 11) is 0. The summed E-state index contributed by atoms with van der Waals surface area (Å²) < 4.78 is 19.8. The number of anilines is 3. The zero-order valence-corrected chi connectivity index (χ0v) is 13.6. The van der Waals surface area contributed by atoms with Crippen molar-refractivity contribution in [3.05, 3.63) is 70.2 Å². The smallest absolute Gasteiger partial charge is 0.329 e. The molecule has 0 aliphatic heterocycles. The van der Waals surface area contributed by atoms with Crippen LogP contribution in [0.15, 0.2) is 48.7 Å². The molecule has 0 fully saturated rings. The Kier molecular flexibility index (Phi) is 4.76. The first-order chi connectivity index (χ1) is 13.0. The minimum absolute atomic E-state index is 0.0269. The van der Waals surface area contributed by atoms with Crippen LogP contribution >= 0.6 is 0 Å². The first kappa shape index (κ1) is 17.6. The molecule has 1 aromatic heterocycles. The van der Waals surface area contributed by atoms with Crippen LogP contribution in [0.25, 0.3) is 0 Å². The topological polar surface area (TPSA) is 140 Å². The van der Waals surface area contributed by atoms with E-state index in [0.29, 0.717) is 0 Å². The Labute approximate surface area is 152 Å². The first-order valence-electron chi connectivity index (χ1n) is 7.48. The van der Waals surface area contributed by atoms with Gasteiger partial charge in [-0.1, -0.05) is 12.1 Å². The van der Waals surface area contributed by atoms with E-state index in [2.05, 4.69) is 15.3 Å². The number of benzene rings is 2. The highest BCUT2D eigenvalue weighted by Gasteiger charge is 2.15. The minimum atomic E-state index is -0.704. The van der Waals surface area contributed by atoms with Gasteiger partial charge in [0.2, 0.25) is 11.8 Å². The van der Waals surface area contributed by atoms with Crippen molar-refractivity contribution in [3.63, 3.8) is 0 Å². The lowest BCUT2D eigenvalue weighted by Crippen LogP contribution is -2.04. The number of nitrogens with zero attached hydrogens (tertiary/aromatic N) is 4. The van der Waals surface area contributed by atoms with Gasteiger partial charge in [-0.3, -0.25) is 10.1 Å².